The molecule has 0 unspecified atom stereocenters. The lowest BCUT2D eigenvalue weighted by molar-refractivity contribution is 0.0767. The van der Waals surface area contributed by atoms with Crippen LogP contribution in [0.1, 0.15) is 22.3 Å². The number of carbonyl (C=O) groups excluding carboxylic acids is 1. The molecule has 2 aromatic carbocycles. The van der Waals surface area contributed by atoms with Crippen molar-refractivity contribution in [2.24, 2.45) is 0 Å². The van der Waals surface area contributed by atoms with E-state index in [1.807, 2.05) is 24.4 Å². The molecule has 7 nitrogen and oxygen atoms in total. The number of amides is 1. The number of hydrogen-bond donors (Lipinski definition) is 0. The first-order valence-corrected chi connectivity index (χ1v) is 12.8. The van der Waals surface area contributed by atoms with Crippen LogP contribution in [-0.2, 0) is 10.0 Å². The molecule has 2 heterocycles. The van der Waals surface area contributed by atoms with Crippen molar-refractivity contribution < 1.29 is 13.2 Å². The van der Waals surface area contributed by atoms with Gasteiger partial charge in [0, 0.05) is 50.4 Å². The predicted octanol–water partition coefficient (Wildman–Crippen LogP) is 3.63. The minimum Gasteiger partial charge on any atom is -0.346 e. The Bertz CT molecular complexity index is 1180. The molecule has 32 heavy (non-hydrogen) atoms. The SMILES string of the molecule is Cc1ccc(N(C)S(=O)(=O)c2cccc(C(=O)N3CCCN(c4nccs4)CC3)c2)cc1. The van der Waals surface area contributed by atoms with Crippen molar-refractivity contribution in [2.75, 3.05) is 42.4 Å². The summed E-state index contributed by atoms with van der Waals surface area (Å²) in [6, 6.07) is 13.6. The van der Waals surface area contributed by atoms with Crippen LogP contribution in [0, 0.1) is 6.92 Å². The maximum Gasteiger partial charge on any atom is 0.264 e. The highest BCUT2D eigenvalue weighted by molar-refractivity contribution is 7.92. The van der Waals surface area contributed by atoms with E-state index >= 15 is 0 Å². The predicted molar refractivity (Wildman–Crippen MR) is 128 cm³/mol. The van der Waals surface area contributed by atoms with Gasteiger partial charge in [0.2, 0.25) is 0 Å². The molecule has 1 fully saturated rings. The molecule has 168 valence electrons. The van der Waals surface area contributed by atoms with Crippen molar-refractivity contribution in [3.8, 4) is 0 Å². The van der Waals surface area contributed by atoms with Crippen LogP contribution in [-0.4, -0.2) is 57.4 Å². The number of thiazole rings is 1. The average Bonchev–Trinajstić information content (AvgIpc) is 3.23. The summed E-state index contributed by atoms with van der Waals surface area (Å²) in [5.74, 6) is -0.152. The highest BCUT2D eigenvalue weighted by Crippen LogP contribution is 2.24. The molecule has 3 aromatic rings. The molecular formula is C23H26N4O3S2. The zero-order valence-electron chi connectivity index (χ0n) is 18.1. The summed E-state index contributed by atoms with van der Waals surface area (Å²) in [6.07, 6.45) is 2.62. The zero-order chi connectivity index (χ0) is 22.7. The summed E-state index contributed by atoms with van der Waals surface area (Å²) < 4.78 is 27.6. The van der Waals surface area contributed by atoms with Crippen LogP contribution in [0.4, 0.5) is 10.8 Å². The topological polar surface area (TPSA) is 73.8 Å². The van der Waals surface area contributed by atoms with Crippen molar-refractivity contribution in [1.29, 1.82) is 0 Å². The van der Waals surface area contributed by atoms with Crippen molar-refractivity contribution in [3.05, 3.63) is 71.2 Å². The van der Waals surface area contributed by atoms with E-state index in [1.54, 1.807) is 46.7 Å². The van der Waals surface area contributed by atoms with E-state index < -0.39 is 10.0 Å². The van der Waals surface area contributed by atoms with Crippen LogP contribution in [0.25, 0.3) is 0 Å². The number of carbonyl (C=O) groups is 1. The molecular weight excluding hydrogens is 444 g/mol. The molecule has 1 amide bonds. The Morgan fingerprint density at radius 2 is 1.84 bits per heavy atom. The van der Waals surface area contributed by atoms with Crippen LogP contribution < -0.4 is 9.21 Å². The van der Waals surface area contributed by atoms with Crippen molar-refractivity contribution >= 4 is 38.1 Å². The third kappa shape index (κ3) is 4.63. The summed E-state index contributed by atoms with van der Waals surface area (Å²) in [7, 11) is -2.27. The molecule has 1 aliphatic heterocycles. The Labute approximate surface area is 193 Å². The van der Waals surface area contributed by atoms with Gasteiger partial charge in [0.1, 0.15) is 0 Å². The summed E-state index contributed by atoms with van der Waals surface area (Å²) in [4.78, 5) is 21.6. The fourth-order valence-corrected chi connectivity index (χ4v) is 5.65. The molecule has 0 N–H and O–H groups in total. The number of sulfonamides is 1. The maximum atomic E-state index is 13.2. The van der Waals surface area contributed by atoms with Gasteiger partial charge in [-0.3, -0.25) is 9.10 Å². The van der Waals surface area contributed by atoms with E-state index in [4.69, 9.17) is 0 Å². The van der Waals surface area contributed by atoms with Gasteiger partial charge in [-0.1, -0.05) is 23.8 Å². The Kier molecular flexibility index (Phi) is 6.48. The molecule has 1 aliphatic rings. The van der Waals surface area contributed by atoms with Crippen LogP contribution in [0.5, 0.6) is 0 Å². The van der Waals surface area contributed by atoms with Crippen LogP contribution in [0.2, 0.25) is 0 Å². The Balaban J connectivity index is 1.52. The molecule has 0 radical (unpaired) electrons. The Morgan fingerprint density at radius 3 is 2.56 bits per heavy atom. The number of aryl methyl sites for hydroxylation is 1. The lowest BCUT2D eigenvalue weighted by atomic mass is 10.2. The maximum absolute atomic E-state index is 13.2. The summed E-state index contributed by atoms with van der Waals surface area (Å²) >= 11 is 1.59. The van der Waals surface area contributed by atoms with Crippen molar-refractivity contribution in [1.82, 2.24) is 9.88 Å². The fourth-order valence-electron chi connectivity index (χ4n) is 3.71. The lowest BCUT2D eigenvalue weighted by Crippen LogP contribution is -2.35. The largest absolute Gasteiger partial charge is 0.346 e. The second kappa shape index (κ2) is 9.30. The summed E-state index contributed by atoms with van der Waals surface area (Å²) in [6.45, 7) is 4.69. The first-order valence-electron chi connectivity index (χ1n) is 10.5. The van der Waals surface area contributed by atoms with Gasteiger partial charge in [-0.2, -0.15) is 0 Å². The molecule has 0 aliphatic carbocycles. The first kappa shape index (κ1) is 22.3. The van der Waals surface area contributed by atoms with Gasteiger partial charge in [0.15, 0.2) is 5.13 Å². The lowest BCUT2D eigenvalue weighted by Gasteiger charge is -2.23. The van der Waals surface area contributed by atoms with Crippen LogP contribution in [0.3, 0.4) is 0 Å². The standard InChI is InChI=1S/C23H26N4O3S2/c1-18-7-9-20(10-8-18)25(2)32(29,30)21-6-3-5-19(17-21)22(28)26-12-4-13-27(15-14-26)23-24-11-16-31-23/h3,5-11,16-17H,4,12-15H2,1-2H3. The van der Waals surface area contributed by atoms with Gasteiger partial charge in [-0.15, -0.1) is 11.3 Å². The monoisotopic (exact) mass is 470 g/mol. The second-order valence-corrected chi connectivity index (χ2v) is 10.6. The molecule has 0 spiro atoms. The van der Waals surface area contributed by atoms with E-state index in [1.165, 1.54) is 23.5 Å². The quantitative estimate of drug-likeness (QED) is 0.569. The highest BCUT2D eigenvalue weighted by Gasteiger charge is 2.25. The molecule has 0 saturated carbocycles. The van der Waals surface area contributed by atoms with Crippen molar-refractivity contribution in [2.45, 2.75) is 18.2 Å². The number of hydrogen-bond acceptors (Lipinski definition) is 6. The average molecular weight is 471 g/mol. The normalized spacial score (nSPS) is 14.8. The van der Waals surface area contributed by atoms with Crippen molar-refractivity contribution in [3.63, 3.8) is 0 Å². The van der Waals surface area contributed by atoms with Gasteiger partial charge in [0.25, 0.3) is 15.9 Å². The van der Waals surface area contributed by atoms with E-state index in [0.717, 1.165) is 23.7 Å². The first-order chi connectivity index (χ1) is 15.4. The summed E-state index contributed by atoms with van der Waals surface area (Å²) in [5, 5.41) is 2.91. The number of aromatic nitrogens is 1. The number of anilines is 2. The van der Waals surface area contributed by atoms with E-state index in [9.17, 15) is 13.2 Å². The van der Waals surface area contributed by atoms with Gasteiger partial charge < -0.3 is 9.80 Å². The molecule has 0 atom stereocenters. The minimum atomic E-state index is -3.79. The third-order valence-electron chi connectivity index (χ3n) is 5.61. The fraction of sp³-hybridized carbons (Fsp3) is 0.304. The molecule has 1 saturated heterocycles. The third-order valence-corrected chi connectivity index (χ3v) is 8.22. The van der Waals surface area contributed by atoms with Gasteiger partial charge in [0.05, 0.1) is 10.6 Å². The van der Waals surface area contributed by atoms with E-state index in [-0.39, 0.29) is 10.8 Å². The van der Waals surface area contributed by atoms with Gasteiger partial charge >= 0.3 is 0 Å². The molecule has 9 heteroatoms. The zero-order valence-corrected chi connectivity index (χ0v) is 19.8. The van der Waals surface area contributed by atoms with Crippen LogP contribution in [0.15, 0.2) is 65.0 Å². The molecule has 4 rings (SSSR count). The highest BCUT2D eigenvalue weighted by atomic mass is 32.2. The van der Waals surface area contributed by atoms with Gasteiger partial charge in [-0.25, -0.2) is 13.4 Å². The van der Waals surface area contributed by atoms with Gasteiger partial charge in [-0.05, 0) is 43.7 Å². The van der Waals surface area contributed by atoms with E-state index in [0.29, 0.717) is 30.9 Å². The second-order valence-electron chi connectivity index (χ2n) is 7.78. The Hall–Kier alpha value is -2.91. The van der Waals surface area contributed by atoms with E-state index in [2.05, 4.69) is 9.88 Å². The summed E-state index contributed by atoms with van der Waals surface area (Å²) in [5.41, 5.74) is 2.01. The smallest absolute Gasteiger partial charge is 0.264 e. The van der Waals surface area contributed by atoms with Crippen LogP contribution >= 0.6 is 11.3 Å². The minimum absolute atomic E-state index is 0.102. The number of nitrogens with zero attached hydrogens (tertiary/aromatic N) is 4. The number of benzene rings is 2. The number of rotatable bonds is 5. The Morgan fingerprint density at radius 1 is 1.06 bits per heavy atom. The molecule has 0 bridgehead atoms. The molecule has 1 aromatic heterocycles.